The third kappa shape index (κ3) is 7.53. The highest BCUT2D eigenvalue weighted by Crippen LogP contribution is 2.20. The third-order valence-electron chi connectivity index (χ3n) is 4.41. The molecule has 1 aromatic carbocycles. The van der Waals surface area contributed by atoms with Gasteiger partial charge in [0.05, 0.1) is 6.54 Å². The SMILES string of the molecule is CC(C)(C)OC(=O)N1CCN(C(N)=NCCc2nc(-c3cccc(Cl)c3)no2)CC1.I. The molecule has 1 fully saturated rings. The molecule has 3 rings (SSSR count). The van der Waals surface area contributed by atoms with Crippen LogP contribution in [0.1, 0.15) is 26.7 Å². The van der Waals surface area contributed by atoms with Crippen molar-refractivity contribution in [1.29, 1.82) is 0 Å². The van der Waals surface area contributed by atoms with Crippen molar-refractivity contribution in [2.75, 3.05) is 32.7 Å². The van der Waals surface area contributed by atoms with Crippen molar-refractivity contribution in [3.63, 3.8) is 0 Å². The first-order valence-corrected chi connectivity index (χ1v) is 10.2. The Labute approximate surface area is 204 Å². The number of halogens is 2. The highest BCUT2D eigenvalue weighted by atomic mass is 127. The van der Waals surface area contributed by atoms with Crippen molar-refractivity contribution in [3.8, 4) is 11.4 Å². The first-order chi connectivity index (χ1) is 14.2. The number of carbonyl (C=O) groups is 1. The molecule has 2 N–H and O–H groups in total. The van der Waals surface area contributed by atoms with Gasteiger partial charge in [-0.15, -0.1) is 24.0 Å². The molecule has 1 aromatic heterocycles. The Morgan fingerprint density at radius 1 is 1.26 bits per heavy atom. The van der Waals surface area contributed by atoms with E-state index in [4.69, 9.17) is 26.6 Å². The lowest BCUT2D eigenvalue weighted by molar-refractivity contribution is 0.0186. The normalized spacial score (nSPS) is 14.9. The topological polar surface area (TPSA) is 110 Å². The van der Waals surface area contributed by atoms with E-state index in [0.29, 0.717) is 61.8 Å². The molecule has 0 bridgehead atoms. The Hall–Kier alpha value is -2.08. The second-order valence-electron chi connectivity index (χ2n) is 7.97. The summed E-state index contributed by atoms with van der Waals surface area (Å²) in [5.74, 6) is 1.41. The van der Waals surface area contributed by atoms with Crippen LogP contribution in [-0.2, 0) is 11.2 Å². The Balaban J connectivity index is 0.00000341. The number of aromatic nitrogens is 2. The minimum absolute atomic E-state index is 0. The molecule has 1 saturated heterocycles. The monoisotopic (exact) mass is 562 g/mol. The predicted octanol–water partition coefficient (Wildman–Crippen LogP) is 3.42. The molecular formula is C20H28ClIN6O3. The van der Waals surface area contributed by atoms with Crippen molar-refractivity contribution in [1.82, 2.24) is 19.9 Å². The van der Waals surface area contributed by atoms with Gasteiger partial charge in [0, 0.05) is 43.2 Å². The molecule has 1 aliphatic heterocycles. The van der Waals surface area contributed by atoms with Crippen molar-refractivity contribution in [2.24, 2.45) is 10.7 Å². The summed E-state index contributed by atoms with van der Waals surface area (Å²) in [5, 5.41) is 4.59. The van der Waals surface area contributed by atoms with Gasteiger partial charge in [-0.1, -0.05) is 28.9 Å². The number of benzene rings is 1. The van der Waals surface area contributed by atoms with Crippen LogP contribution in [0.25, 0.3) is 11.4 Å². The van der Waals surface area contributed by atoms with Crippen LogP contribution in [0, 0.1) is 0 Å². The lowest BCUT2D eigenvalue weighted by atomic mass is 10.2. The average molecular weight is 563 g/mol. The van der Waals surface area contributed by atoms with Gasteiger partial charge in [-0.3, -0.25) is 4.99 Å². The number of hydrogen-bond acceptors (Lipinski definition) is 6. The van der Waals surface area contributed by atoms with E-state index >= 15 is 0 Å². The van der Waals surface area contributed by atoms with Gasteiger partial charge in [0.15, 0.2) is 5.96 Å². The molecule has 0 unspecified atom stereocenters. The summed E-state index contributed by atoms with van der Waals surface area (Å²) in [5.41, 5.74) is 6.40. The second kappa shape index (κ2) is 11.0. The van der Waals surface area contributed by atoms with E-state index in [2.05, 4.69) is 15.1 Å². The molecule has 170 valence electrons. The van der Waals surface area contributed by atoms with E-state index in [1.54, 1.807) is 17.0 Å². The Bertz CT molecular complexity index is 906. The molecular weight excluding hydrogens is 535 g/mol. The molecule has 31 heavy (non-hydrogen) atoms. The minimum Gasteiger partial charge on any atom is -0.444 e. The standard InChI is InChI=1S/C20H27ClN6O3.HI/c1-20(2,3)29-19(28)27-11-9-26(10-12-27)18(22)23-8-7-16-24-17(25-30-16)14-5-4-6-15(21)13-14;/h4-6,13H,7-12H2,1-3H3,(H2,22,23);1H. The van der Waals surface area contributed by atoms with Crippen LogP contribution in [0.4, 0.5) is 4.79 Å². The summed E-state index contributed by atoms with van der Waals surface area (Å²) in [6.45, 7) is 8.28. The maximum Gasteiger partial charge on any atom is 0.410 e. The van der Waals surface area contributed by atoms with Gasteiger partial charge in [0.25, 0.3) is 0 Å². The van der Waals surface area contributed by atoms with E-state index < -0.39 is 5.60 Å². The van der Waals surface area contributed by atoms with Crippen LogP contribution in [-0.4, -0.2) is 70.3 Å². The molecule has 2 heterocycles. The van der Waals surface area contributed by atoms with Gasteiger partial charge < -0.3 is 24.8 Å². The number of piperazine rings is 1. The summed E-state index contributed by atoms with van der Waals surface area (Å²) in [4.78, 5) is 24.5. The predicted molar refractivity (Wildman–Crippen MR) is 130 cm³/mol. The van der Waals surface area contributed by atoms with E-state index in [1.807, 2.05) is 37.8 Å². The number of guanidine groups is 1. The minimum atomic E-state index is -0.504. The Morgan fingerprint density at radius 2 is 1.94 bits per heavy atom. The van der Waals surface area contributed by atoms with Gasteiger partial charge >= 0.3 is 6.09 Å². The zero-order valence-corrected chi connectivity index (χ0v) is 21.0. The first-order valence-electron chi connectivity index (χ1n) is 9.82. The number of aliphatic imine (C=N–C) groups is 1. The van der Waals surface area contributed by atoms with Gasteiger partial charge in [-0.2, -0.15) is 4.98 Å². The van der Waals surface area contributed by atoms with Gasteiger partial charge in [-0.05, 0) is 32.9 Å². The molecule has 2 aromatic rings. The third-order valence-corrected chi connectivity index (χ3v) is 4.64. The van der Waals surface area contributed by atoms with Crippen molar-refractivity contribution < 1.29 is 14.1 Å². The number of hydrogen-bond donors (Lipinski definition) is 1. The highest BCUT2D eigenvalue weighted by molar-refractivity contribution is 14.0. The Morgan fingerprint density at radius 3 is 2.58 bits per heavy atom. The number of amides is 1. The summed E-state index contributed by atoms with van der Waals surface area (Å²) < 4.78 is 10.7. The fourth-order valence-corrected chi connectivity index (χ4v) is 3.10. The fourth-order valence-electron chi connectivity index (χ4n) is 2.91. The average Bonchev–Trinajstić information content (AvgIpc) is 3.16. The van der Waals surface area contributed by atoms with E-state index in [9.17, 15) is 4.79 Å². The summed E-state index contributed by atoms with van der Waals surface area (Å²) in [6, 6.07) is 7.27. The molecule has 11 heteroatoms. The van der Waals surface area contributed by atoms with Crippen LogP contribution in [0.15, 0.2) is 33.8 Å². The molecule has 0 spiro atoms. The van der Waals surface area contributed by atoms with Gasteiger partial charge in [0.1, 0.15) is 5.60 Å². The summed E-state index contributed by atoms with van der Waals surface area (Å²) in [6.07, 6.45) is 0.177. The maximum absolute atomic E-state index is 12.1. The fraction of sp³-hybridized carbons (Fsp3) is 0.500. The quantitative estimate of drug-likeness (QED) is 0.345. The molecule has 0 saturated carbocycles. The molecule has 1 amide bonds. The van der Waals surface area contributed by atoms with E-state index in [-0.39, 0.29) is 30.1 Å². The van der Waals surface area contributed by atoms with Gasteiger partial charge in [0.2, 0.25) is 11.7 Å². The lowest BCUT2D eigenvalue weighted by Crippen LogP contribution is -2.53. The zero-order chi connectivity index (χ0) is 21.7. The number of ether oxygens (including phenoxy) is 1. The number of rotatable bonds is 4. The molecule has 0 aliphatic carbocycles. The van der Waals surface area contributed by atoms with Crippen LogP contribution in [0.2, 0.25) is 5.02 Å². The van der Waals surface area contributed by atoms with E-state index in [0.717, 1.165) is 5.56 Å². The van der Waals surface area contributed by atoms with E-state index in [1.165, 1.54) is 0 Å². The van der Waals surface area contributed by atoms with Crippen molar-refractivity contribution in [3.05, 3.63) is 35.2 Å². The highest BCUT2D eigenvalue weighted by Gasteiger charge is 2.26. The van der Waals surface area contributed by atoms with Crippen molar-refractivity contribution in [2.45, 2.75) is 32.8 Å². The zero-order valence-electron chi connectivity index (χ0n) is 17.9. The van der Waals surface area contributed by atoms with Crippen LogP contribution in [0.3, 0.4) is 0 Å². The van der Waals surface area contributed by atoms with Crippen molar-refractivity contribution >= 4 is 47.6 Å². The van der Waals surface area contributed by atoms with Crippen LogP contribution < -0.4 is 5.73 Å². The Kier molecular flexibility index (Phi) is 8.92. The second-order valence-corrected chi connectivity index (χ2v) is 8.40. The molecule has 1 aliphatic rings. The summed E-state index contributed by atoms with van der Waals surface area (Å²) >= 11 is 6.00. The maximum atomic E-state index is 12.1. The largest absolute Gasteiger partial charge is 0.444 e. The van der Waals surface area contributed by atoms with Crippen LogP contribution >= 0.6 is 35.6 Å². The number of nitrogens with zero attached hydrogens (tertiary/aromatic N) is 5. The lowest BCUT2D eigenvalue weighted by Gasteiger charge is -2.36. The number of carbonyl (C=O) groups excluding carboxylic acids is 1. The van der Waals surface area contributed by atoms with Crippen LogP contribution in [0.5, 0.6) is 0 Å². The van der Waals surface area contributed by atoms with Gasteiger partial charge in [-0.25, -0.2) is 4.79 Å². The summed E-state index contributed by atoms with van der Waals surface area (Å²) in [7, 11) is 0. The smallest absolute Gasteiger partial charge is 0.410 e. The molecule has 9 nitrogen and oxygen atoms in total. The molecule has 0 radical (unpaired) electrons. The molecule has 0 atom stereocenters. The number of nitrogens with two attached hydrogens (primary N) is 1. The first kappa shape index (κ1) is 25.2.